The SMILES string of the molecule is C1=CCCC1.C1=CCCC1.O=C(NCCCN1CCN(CCCN2C(=O)c3ccc4c5c(ccc(c35)C2=O)C(=O)N(CCCN2CCN(CCCNC(=O)[C@H]3C=CCC3)CC2)C4=O)CC1)[C@H]1C=CCC1.[CH3-].[CH3-].[CH3-].[CH3-].[Fe+2].[Fe+2]. The first-order valence-corrected chi connectivity index (χ1v) is 26.7. The Labute approximate surface area is 477 Å². The zero-order valence-electron chi connectivity index (χ0n) is 46.1. The molecule has 6 amide bonds. The van der Waals surface area contributed by atoms with Crippen LogP contribution in [0, 0.1) is 41.5 Å². The van der Waals surface area contributed by atoms with Gasteiger partial charge in [-0.1, -0.05) is 48.6 Å². The van der Waals surface area contributed by atoms with Crippen molar-refractivity contribution in [3.8, 4) is 0 Å². The third-order valence-electron chi connectivity index (χ3n) is 15.1. The average molecular weight is 1130 g/mol. The third kappa shape index (κ3) is 17.9. The zero-order chi connectivity index (χ0) is 48.7. The van der Waals surface area contributed by atoms with E-state index in [4.69, 9.17) is 0 Å². The number of carbonyl (C=O) groups excluding carboxylic acids is 6. The predicted octanol–water partition coefficient (Wildman–Crippen LogP) is 8.24. The molecule has 4 aliphatic heterocycles. The number of rotatable bonds is 18. The number of hydrogen-bond acceptors (Lipinski definition) is 10. The Kier molecular flexibility index (Phi) is 30.9. The van der Waals surface area contributed by atoms with Crippen molar-refractivity contribution in [2.24, 2.45) is 11.8 Å². The monoisotopic (exact) mass is 1130 g/mol. The van der Waals surface area contributed by atoms with Crippen molar-refractivity contribution in [2.45, 2.75) is 89.9 Å². The van der Waals surface area contributed by atoms with Gasteiger partial charge >= 0.3 is 34.1 Å². The maximum atomic E-state index is 13.8. The summed E-state index contributed by atoms with van der Waals surface area (Å²) < 4.78 is 0. The first-order chi connectivity index (χ1) is 34.3. The molecule has 2 saturated heterocycles. The molecule has 10 rings (SSSR count). The van der Waals surface area contributed by atoms with E-state index in [1.165, 1.54) is 48.3 Å². The second-order valence-electron chi connectivity index (χ2n) is 20.0. The van der Waals surface area contributed by atoms with Crippen molar-refractivity contribution in [1.29, 1.82) is 0 Å². The predicted molar refractivity (Wildman–Crippen MR) is 300 cm³/mol. The molecule has 420 valence electrons. The maximum Gasteiger partial charge on any atom is 2.00 e. The van der Waals surface area contributed by atoms with Crippen molar-refractivity contribution in [3.63, 3.8) is 0 Å². The van der Waals surface area contributed by atoms with E-state index in [1.54, 1.807) is 24.3 Å². The molecule has 2 fully saturated rings. The fourth-order valence-corrected chi connectivity index (χ4v) is 10.9. The van der Waals surface area contributed by atoms with Crippen molar-refractivity contribution < 1.29 is 62.9 Å². The van der Waals surface area contributed by atoms with Crippen LogP contribution in [0.5, 0.6) is 0 Å². The number of carbonyl (C=O) groups is 6. The second kappa shape index (κ2) is 34.6. The molecule has 0 unspecified atom stereocenters. The van der Waals surface area contributed by atoms with Crippen LogP contribution in [0.15, 0.2) is 72.9 Å². The van der Waals surface area contributed by atoms with Gasteiger partial charge in [0.25, 0.3) is 23.6 Å². The molecule has 76 heavy (non-hydrogen) atoms. The average Bonchev–Trinajstić information content (AvgIpc) is 4.26. The molecular formula is C60H88Fe2N8O6. The molecule has 4 aliphatic carbocycles. The topological polar surface area (TPSA) is 146 Å². The quantitative estimate of drug-likeness (QED) is 0.0493. The van der Waals surface area contributed by atoms with Gasteiger partial charge in [0.1, 0.15) is 0 Å². The van der Waals surface area contributed by atoms with Crippen LogP contribution in [-0.4, -0.2) is 170 Å². The normalized spacial score (nSPS) is 20.5. The molecule has 0 aromatic heterocycles. The molecule has 2 aromatic rings. The number of allylic oxidation sites excluding steroid dienone is 6. The van der Waals surface area contributed by atoms with Crippen LogP contribution in [0.3, 0.4) is 0 Å². The van der Waals surface area contributed by atoms with E-state index < -0.39 is 0 Å². The summed E-state index contributed by atoms with van der Waals surface area (Å²) in [5, 5.41) is 6.96. The molecule has 0 bridgehead atoms. The van der Waals surface area contributed by atoms with E-state index in [9.17, 15) is 28.8 Å². The zero-order valence-corrected chi connectivity index (χ0v) is 48.3. The van der Waals surface area contributed by atoms with Crippen molar-refractivity contribution >= 4 is 46.2 Å². The summed E-state index contributed by atoms with van der Waals surface area (Å²) in [4.78, 5) is 92.0. The Hall–Kier alpha value is -4.24. The Morgan fingerprint density at radius 3 is 0.947 bits per heavy atom. The third-order valence-corrected chi connectivity index (χ3v) is 15.1. The molecule has 2 atom stereocenters. The molecular weight excluding hydrogens is 1040 g/mol. The minimum atomic E-state index is -0.386. The van der Waals surface area contributed by atoms with Gasteiger partial charge in [-0.2, -0.15) is 0 Å². The van der Waals surface area contributed by atoms with Crippen LogP contribution in [0.25, 0.3) is 10.8 Å². The number of piperazine rings is 2. The van der Waals surface area contributed by atoms with E-state index in [0.717, 1.165) is 117 Å². The number of amides is 6. The van der Waals surface area contributed by atoms with E-state index in [2.05, 4.69) is 66.7 Å². The number of benzene rings is 2. The van der Waals surface area contributed by atoms with Crippen LogP contribution in [0.2, 0.25) is 0 Å². The fourth-order valence-electron chi connectivity index (χ4n) is 10.9. The number of nitrogens with zero attached hydrogens (tertiary/aromatic N) is 6. The van der Waals surface area contributed by atoms with Crippen molar-refractivity contribution in [2.75, 3.05) is 105 Å². The summed E-state index contributed by atoms with van der Waals surface area (Å²) in [5.41, 5.74) is 1.42. The number of hydrogen-bond donors (Lipinski definition) is 2. The summed E-state index contributed by atoms with van der Waals surface area (Å²) in [7, 11) is 0. The summed E-state index contributed by atoms with van der Waals surface area (Å²) >= 11 is 0. The molecule has 16 heteroatoms. The largest absolute Gasteiger partial charge is 2.00 e. The molecule has 0 radical (unpaired) electrons. The van der Waals surface area contributed by atoms with E-state index >= 15 is 0 Å². The van der Waals surface area contributed by atoms with E-state index in [1.807, 2.05) is 12.2 Å². The van der Waals surface area contributed by atoms with Gasteiger partial charge in [0, 0.05) is 112 Å². The Morgan fingerprint density at radius 1 is 0.408 bits per heavy atom. The van der Waals surface area contributed by atoms with Gasteiger partial charge in [-0.15, -0.1) is 0 Å². The van der Waals surface area contributed by atoms with Gasteiger partial charge in [-0.25, -0.2) is 0 Å². The van der Waals surface area contributed by atoms with Crippen molar-refractivity contribution in [3.05, 3.63) is 125 Å². The van der Waals surface area contributed by atoms with Gasteiger partial charge in [0.05, 0.1) is 11.8 Å². The smallest absolute Gasteiger partial charge is 0.358 e. The first-order valence-electron chi connectivity index (χ1n) is 26.7. The van der Waals surface area contributed by atoms with E-state index in [-0.39, 0.29) is 124 Å². The number of imide groups is 2. The molecule has 0 spiro atoms. The summed E-state index contributed by atoms with van der Waals surface area (Å²) in [6.45, 7) is 12.8. The van der Waals surface area contributed by atoms with Gasteiger partial charge in [0.2, 0.25) is 11.8 Å². The second-order valence-corrected chi connectivity index (χ2v) is 20.0. The minimum Gasteiger partial charge on any atom is -0.358 e. The van der Waals surface area contributed by atoms with Crippen LogP contribution in [0.4, 0.5) is 0 Å². The Morgan fingerprint density at radius 2 is 0.697 bits per heavy atom. The Bertz CT molecular complexity index is 2080. The Balaban J connectivity index is 0.00000111. The van der Waals surface area contributed by atoms with Crippen LogP contribution < -0.4 is 10.6 Å². The van der Waals surface area contributed by atoms with Crippen LogP contribution >= 0.6 is 0 Å². The fraction of sp³-hybridized carbons (Fsp3) is 0.533. The molecule has 0 saturated carbocycles. The van der Waals surface area contributed by atoms with Crippen LogP contribution in [-0.2, 0) is 43.7 Å². The van der Waals surface area contributed by atoms with E-state index in [0.29, 0.717) is 59.0 Å². The first kappa shape index (κ1) is 67.9. The minimum absolute atomic E-state index is 0. The molecule has 2 N–H and O–H groups in total. The van der Waals surface area contributed by atoms with Gasteiger partial charge in [0.15, 0.2) is 0 Å². The van der Waals surface area contributed by atoms with Crippen molar-refractivity contribution in [1.82, 2.24) is 40.0 Å². The molecule has 4 heterocycles. The number of nitrogens with one attached hydrogen (secondary N) is 2. The molecule has 2 aromatic carbocycles. The van der Waals surface area contributed by atoms with Gasteiger partial charge in [-0.3, -0.25) is 38.6 Å². The maximum absolute atomic E-state index is 13.8. The summed E-state index contributed by atoms with van der Waals surface area (Å²) in [6.07, 6.45) is 32.1. The van der Waals surface area contributed by atoms with Gasteiger partial charge < -0.3 is 59.9 Å². The summed E-state index contributed by atoms with van der Waals surface area (Å²) in [6, 6.07) is 6.59. The molecule has 8 aliphatic rings. The van der Waals surface area contributed by atoms with Gasteiger partial charge in [-0.05, 0) is 140 Å². The molecule has 14 nitrogen and oxygen atoms in total. The standard InChI is InChI=1S/C46H60N8O6.2C5H8.4CH3.2Fe/c55-41(33-9-1-2-10-33)47-17-5-19-49-25-29-51(30-26-49)21-7-23-53-43(57)35-13-15-37-40-38(16-14-36(39(35)40)44(53)58)46(60)54(45(37)59)24-8-22-52-31-27-50(28-32-52)20-6-18-48-42(56)34-11-3-4-12-34;2*1-2-4-5-3-1;;;;;;/h1,3,9,11,13-16,33-34H,2,4-8,10,12,17-32H2,(H,47,55)(H,48,56);2*1-2H,3-5H2;4*1H3;;/q;;;4*-1;2*+2/t33-,34-;;;;;;;;/m0......../s1. The summed E-state index contributed by atoms with van der Waals surface area (Å²) in [5.74, 6) is -1.22. The van der Waals surface area contributed by atoms with Crippen LogP contribution in [0.1, 0.15) is 131 Å².